The Morgan fingerprint density at radius 1 is 1.16 bits per heavy atom. The molecular weight excluding hydrogens is 234 g/mol. The summed E-state index contributed by atoms with van der Waals surface area (Å²) in [5.41, 5.74) is 2.51. The minimum absolute atomic E-state index is 0.698. The summed E-state index contributed by atoms with van der Waals surface area (Å²) in [6, 6.07) is 18.3. The van der Waals surface area contributed by atoms with Crippen LogP contribution in [0.2, 0.25) is 0 Å². The molecule has 0 N–H and O–H groups in total. The Kier molecular flexibility index (Phi) is 2.76. The molecule has 0 fully saturated rings. The van der Waals surface area contributed by atoms with Crippen molar-refractivity contribution in [3.63, 3.8) is 0 Å². The molecule has 0 saturated heterocycles. The highest BCUT2D eigenvalue weighted by molar-refractivity contribution is 5.43. The first-order valence-corrected chi connectivity index (χ1v) is 6.49. The smallest absolute Gasteiger partial charge is 0.220 e. The summed E-state index contributed by atoms with van der Waals surface area (Å²) in [5, 5.41) is 9.60. The maximum atomic E-state index is 9.60. The standard InChI is InChI=1S/C17H15NO/c1-13-7-8-16-14(11-13)9-10-17(12-18,19-16)15-5-3-2-4-6-15/h2-8,11H,9-10H2,1H3. The maximum absolute atomic E-state index is 9.60. The van der Waals surface area contributed by atoms with Crippen LogP contribution in [-0.2, 0) is 12.0 Å². The first-order chi connectivity index (χ1) is 9.23. The van der Waals surface area contributed by atoms with Crippen LogP contribution >= 0.6 is 0 Å². The third kappa shape index (κ3) is 1.98. The van der Waals surface area contributed by atoms with Gasteiger partial charge in [0.25, 0.3) is 0 Å². The Labute approximate surface area is 113 Å². The molecule has 0 radical (unpaired) electrons. The normalized spacial score (nSPS) is 21.1. The fourth-order valence-corrected chi connectivity index (χ4v) is 2.61. The van der Waals surface area contributed by atoms with Crippen molar-refractivity contribution in [2.45, 2.75) is 25.4 Å². The molecule has 1 aliphatic heterocycles. The van der Waals surface area contributed by atoms with Crippen LogP contribution in [0.1, 0.15) is 23.1 Å². The molecule has 2 aromatic rings. The van der Waals surface area contributed by atoms with Gasteiger partial charge in [-0.1, -0.05) is 48.0 Å². The highest BCUT2D eigenvalue weighted by Gasteiger charge is 2.38. The first-order valence-electron chi connectivity index (χ1n) is 6.49. The largest absolute Gasteiger partial charge is 0.468 e. The molecule has 3 rings (SSSR count). The van der Waals surface area contributed by atoms with Gasteiger partial charge in [0.15, 0.2) is 0 Å². The van der Waals surface area contributed by atoms with Gasteiger partial charge in [-0.15, -0.1) is 0 Å². The molecule has 1 aliphatic rings. The lowest BCUT2D eigenvalue weighted by Crippen LogP contribution is -2.35. The lowest BCUT2D eigenvalue weighted by Gasteiger charge is -2.33. The van der Waals surface area contributed by atoms with Gasteiger partial charge in [0.05, 0.1) is 0 Å². The average molecular weight is 249 g/mol. The summed E-state index contributed by atoms with van der Waals surface area (Å²) in [6.45, 7) is 2.07. The van der Waals surface area contributed by atoms with Crippen molar-refractivity contribution in [1.82, 2.24) is 0 Å². The molecule has 0 aliphatic carbocycles. The lowest BCUT2D eigenvalue weighted by atomic mass is 9.86. The SMILES string of the molecule is Cc1ccc2c(c1)CCC(C#N)(c1ccccc1)O2. The quantitative estimate of drug-likeness (QED) is 0.771. The summed E-state index contributed by atoms with van der Waals surface area (Å²) in [5.74, 6) is 0.835. The van der Waals surface area contributed by atoms with E-state index in [4.69, 9.17) is 4.74 Å². The van der Waals surface area contributed by atoms with Gasteiger partial charge in [0.2, 0.25) is 5.60 Å². The predicted octanol–water partition coefficient (Wildman–Crippen LogP) is 3.74. The van der Waals surface area contributed by atoms with Crippen LogP contribution in [0.4, 0.5) is 0 Å². The van der Waals surface area contributed by atoms with E-state index in [9.17, 15) is 5.26 Å². The van der Waals surface area contributed by atoms with Gasteiger partial charge in [-0.2, -0.15) is 5.26 Å². The van der Waals surface area contributed by atoms with Gasteiger partial charge in [-0.25, -0.2) is 0 Å². The van der Waals surface area contributed by atoms with Crippen LogP contribution in [-0.4, -0.2) is 0 Å². The van der Waals surface area contributed by atoms with Crippen molar-refractivity contribution in [3.8, 4) is 11.8 Å². The van der Waals surface area contributed by atoms with Gasteiger partial charge < -0.3 is 4.74 Å². The summed E-state index contributed by atoms with van der Waals surface area (Å²) in [7, 11) is 0. The van der Waals surface area contributed by atoms with E-state index in [1.165, 1.54) is 11.1 Å². The number of rotatable bonds is 1. The molecule has 0 bridgehead atoms. The van der Waals surface area contributed by atoms with E-state index < -0.39 is 5.60 Å². The van der Waals surface area contributed by atoms with Crippen molar-refractivity contribution in [1.29, 1.82) is 5.26 Å². The van der Waals surface area contributed by atoms with Crippen molar-refractivity contribution in [3.05, 3.63) is 65.2 Å². The molecule has 1 unspecified atom stereocenters. The second kappa shape index (κ2) is 4.44. The predicted molar refractivity (Wildman–Crippen MR) is 73.9 cm³/mol. The molecule has 19 heavy (non-hydrogen) atoms. The van der Waals surface area contributed by atoms with Crippen molar-refractivity contribution in [2.75, 3.05) is 0 Å². The molecule has 0 aromatic heterocycles. The number of hydrogen-bond donors (Lipinski definition) is 0. The van der Waals surface area contributed by atoms with Gasteiger partial charge in [0, 0.05) is 12.0 Å². The molecule has 2 aromatic carbocycles. The number of benzene rings is 2. The van der Waals surface area contributed by atoms with Gasteiger partial charge in [-0.3, -0.25) is 0 Å². The molecule has 2 nitrogen and oxygen atoms in total. The summed E-state index contributed by atoms with van der Waals surface area (Å²) >= 11 is 0. The van der Waals surface area contributed by atoms with Crippen LogP contribution in [0.3, 0.4) is 0 Å². The highest BCUT2D eigenvalue weighted by atomic mass is 16.5. The minimum Gasteiger partial charge on any atom is -0.468 e. The van der Waals surface area contributed by atoms with Crippen LogP contribution in [0, 0.1) is 18.3 Å². The maximum Gasteiger partial charge on any atom is 0.220 e. The topological polar surface area (TPSA) is 33.0 Å². The van der Waals surface area contributed by atoms with Crippen molar-refractivity contribution < 1.29 is 4.74 Å². The molecule has 0 spiro atoms. The van der Waals surface area contributed by atoms with E-state index in [-0.39, 0.29) is 0 Å². The molecule has 94 valence electrons. The Hall–Kier alpha value is -2.27. The zero-order valence-corrected chi connectivity index (χ0v) is 10.9. The highest BCUT2D eigenvalue weighted by Crippen LogP contribution is 2.39. The molecular formula is C17H15NO. The fourth-order valence-electron chi connectivity index (χ4n) is 2.61. The fraction of sp³-hybridized carbons (Fsp3) is 0.235. The summed E-state index contributed by atoms with van der Waals surface area (Å²) in [4.78, 5) is 0. The van der Waals surface area contributed by atoms with Crippen LogP contribution in [0.15, 0.2) is 48.5 Å². The second-order valence-electron chi connectivity index (χ2n) is 5.02. The zero-order valence-electron chi connectivity index (χ0n) is 10.9. The zero-order chi connectivity index (χ0) is 13.3. The summed E-state index contributed by atoms with van der Waals surface area (Å²) < 4.78 is 6.05. The number of nitrogens with zero attached hydrogens (tertiary/aromatic N) is 1. The Bertz CT molecular complexity index is 642. The lowest BCUT2D eigenvalue weighted by molar-refractivity contribution is 0.101. The number of hydrogen-bond acceptors (Lipinski definition) is 2. The van der Waals surface area contributed by atoms with E-state index in [2.05, 4.69) is 19.1 Å². The molecule has 0 saturated carbocycles. The molecule has 2 heteroatoms. The number of aryl methyl sites for hydroxylation is 2. The van der Waals surface area contributed by atoms with Crippen LogP contribution in [0.25, 0.3) is 0 Å². The second-order valence-corrected chi connectivity index (χ2v) is 5.02. The van der Waals surface area contributed by atoms with E-state index >= 15 is 0 Å². The number of ether oxygens (including phenoxy) is 1. The molecule has 0 amide bonds. The van der Waals surface area contributed by atoms with Crippen LogP contribution in [0.5, 0.6) is 5.75 Å². The van der Waals surface area contributed by atoms with Crippen LogP contribution < -0.4 is 4.74 Å². The Morgan fingerprint density at radius 3 is 2.68 bits per heavy atom. The number of nitriles is 1. The summed E-state index contributed by atoms with van der Waals surface area (Å²) in [6.07, 6.45) is 1.57. The molecule has 1 atom stereocenters. The Balaban J connectivity index is 2.04. The van der Waals surface area contributed by atoms with Gasteiger partial charge in [0.1, 0.15) is 11.8 Å². The van der Waals surface area contributed by atoms with E-state index in [1.54, 1.807) is 0 Å². The van der Waals surface area contributed by atoms with E-state index in [0.717, 1.165) is 17.7 Å². The average Bonchev–Trinajstić information content (AvgIpc) is 2.48. The van der Waals surface area contributed by atoms with Gasteiger partial charge >= 0.3 is 0 Å². The first kappa shape index (κ1) is 11.8. The Morgan fingerprint density at radius 2 is 1.95 bits per heavy atom. The third-order valence-electron chi connectivity index (χ3n) is 3.67. The van der Waals surface area contributed by atoms with E-state index in [1.807, 2.05) is 42.5 Å². The number of fused-ring (bicyclic) bond motifs is 1. The third-order valence-corrected chi connectivity index (χ3v) is 3.67. The van der Waals surface area contributed by atoms with E-state index in [0.29, 0.717) is 6.42 Å². The van der Waals surface area contributed by atoms with Crippen molar-refractivity contribution in [2.24, 2.45) is 0 Å². The monoisotopic (exact) mass is 249 g/mol. The van der Waals surface area contributed by atoms with Gasteiger partial charge in [-0.05, 0) is 25.0 Å². The van der Waals surface area contributed by atoms with Crippen molar-refractivity contribution >= 4 is 0 Å². The minimum atomic E-state index is -0.844. The molecule has 1 heterocycles.